The van der Waals surface area contributed by atoms with E-state index in [0.29, 0.717) is 0 Å². The van der Waals surface area contributed by atoms with Crippen LogP contribution < -0.4 is 5.32 Å². The van der Waals surface area contributed by atoms with Crippen molar-refractivity contribution in [3.63, 3.8) is 0 Å². The van der Waals surface area contributed by atoms with Crippen molar-refractivity contribution in [2.45, 2.75) is 12.6 Å². The van der Waals surface area contributed by atoms with Crippen LogP contribution in [0.4, 0.5) is 4.39 Å². The SMILES string of the molecule is Cl.Oc1cccc(CN2CCNCC2c2cccc(F)c2)c1. The normalized spacial score (nSPS) is 18.7. The van der Waals surface area contributed by atoms with Gasteiger partial charge in [0.15, 0.2) is 0 Å². The van der Waals surface area contributed by atoms with Crippen molar-refractivity contribution < 1.29 is 9.50 Å². The fourth-order valence-electron chi connectivity index (χ4n) is 2.87. The van der Waals surface area contributed by atoms with Crippen LogP contribution in [0.3, 0.4) is 0 Å². The molecule has 1 unspecified atom stereocenters. The molecule has 1 saturated heterocycles. The van der Waals surface area contributed by atoms with Crippen molar-refractivity contribution in [3.8, 4) is 5.75 Å². The van der Waals surface area contributed by atoms with Crippen LogP contribution in [-0.2, 0) is 6.54 Å². The average molecular weight is 323 g/mol. The Bertz CT molecular complexity index is 623. The second kappa shape index (κ2) is 7.58. The zero-order valence-corrected chi connectivity index (χ0v) is 13.0. The summed E-state index contributed by atoms with van der Waals surface area (Å²) in [6.45, 7) is 3.38. The summed E-state index contributed by atoms with van der Waals surface area (Å²) in [5.74, 6) is 0.0836. The number of hydrogen-bond acceptors (Lipinski definition) is 3. The summed E-state index contributed by atoms with van der Waals surface area (Å²) >= 11 is 0. The molecule has 1 fully saturated rings. The van der Waals surface area contributed by atoms with Crippen molar-refractivity contribution in [1.82, 2.24) is 10.2 Å². The van der Waals surface area contributed by atoms with Gasteiger partial charge in [0.25, 0.3) is 0 Å². The fourth-order valence-corrected chi connectivity index (χ4v) is 2.87. The summed E-state index contributed by atoms with van der Waals surface area (Å²) in [5.41, 5.74) is 2.06. The van der Waals surface area contributed by atoms with Crippen molar-refractivity contribution in [2.24, 2.45) is 0 Å². The minimum atomic E-state index is -0.199. The van der Waals surface area contributed by atoms with Gasteiger partial charge in [-0.15, -0.1) is 12.4 Å². The third-order valence-electron chi connectivity index (χ3n) is 3.88. The molecule has 1 atom stereocenters. The van der Waals surface area contributed by atoms with E-state index in [0.717, 1.165) is 37.3 Å². The number of rotatable bonds is 3. The molecule has 1 aliphatic rings. The highest BCUT2D eigenvalue weighted by Gasteiger charge is 2.24. The number of aromatic hydroxyl groups is 1. The zero-order valence-electron chi connectivity index (χ0n) is 12.2. The first-order valence-electron chi connectivity index (χ1n) is 7.20. The zero-order chi connectivity index (χ0) is 14.7. The molecule has 0 bridgehead atoms. The van der Waals surface area contributed by atoms with Crippen LogP contribution in [0.2, 0.25) is 0 Å². The Morgan fingerprint density at radius 1 is 1.18 bits per heavy atom. The maximum absolute atomic E-state index is 13.5. The van der Waals surface area contributed by atoms with Gasteiger partial charge in [-0.25, -0.2) is 4.39 Å². The Morgan fingerprint density at radius 3 is 2.77 bits per heavy atom. The number of piperazine rings is 1. The largest absolute Gasteiger partial charge is 0.508 e. The minimum absolute atomic E-state index is 0. The predicted octanol–water partition coefficient (Wildman–Crippen LogP) is 3.10. The molecule has 0 aromatic heterocycles. The number of phenols is 1. The minimum Gasteiger partial charge on any atom is -0.508 e. The van der Waals surface area contributed by atoms with Crippen LogP contribution in [0.15, 0.2) is 48.5 Å². The quantitative estimate of drug-likeness (QED) is 0.911. The van der Waals surface area contributed by atoms with Gasteiger partial charge in [-0.1, -0.05) is 24.3 Å². The monoisotopic (exact) mass is 322 g/mol. The van der Waals surface area contributed by atoms with Crippen molar-refractivity contribution >= 4 is 12.4 Å². The molecule has 0 aliphatic carbocycles. The summed E-state index contributed by atoms with van der Waals surface area (Å²) in [7, 11) is 0. The molecule has 0 spiro atoms. The maximum atomic E-state index is 13.5. The van der Waals surface area contributed by atoms with Gasteiger partial charge in [-0.05, 0) is 35.4 Å². The van der Waals surface area contributed by atoms with Gasteiger partial charge in [-0.2, -0.15) is 0 Å². The number of halogens is 2. The molecule has 118 valence electrons. The van der Waals surface area contributed by atoms with E-state index in [1.165, 1.54) is 6.07 Å². The van der Waals surface area contributed by atoms with Gasteiger partial charge in [0.1, 0.15) is 11.6 Å². The highest BCUT2D eigenvalue weighted by Crippen LogP contribution is 2.25. The third-order valence-corrected chi connectivity index (χ3v) is 3.88. The van der Waals surface area contributed by atoms with E-state index < -0.39 is 0 Å². The Balaban J connectivity index is 0.00000176. The Labute approximate surface area is 136 Å². The summed E-state index contributed by atoms with van der Waals surface area (Å²) in [4.78, 5) is 2.32. The van der Waals surface area contributed by atoms with E-state index in [1.807, 2.05) is 18.2 Å². The molecule has 1 aliphatic heterocycles. The number of nitrogens with one attached hydrogen (secondary N) is 1. The lowest BCUT2D eigenvalue weighted by Gasteiger charge is -2.36. The number of hydrogen-bond donors (Lipinski definition) is 2. The summed E-state index contributed by atoms with van der Waals surface area (Å²) < 4.78 is 13.5. The Hall–Kier alpha value is -1.62. The first-order chi connectivity index (χ1) is 10.2. The number of phenolic OH excluding ortho intramolecular Hbond substituents is 1. The molecule has 2 aromatic rings. The number of nitrogens with zero attached hydrogens (tertiary/aromatic N) is 1. The van der Waals surface area contributed by atoms with Crippen LogP contribution in [0.1, 0.15) is 17.2 Å². The topological polar surface area (TPSA) is 35.5 Å². The Morgan fingerprint density at radius 2 is 2.00 bits per heavy atom. The molecule has 0 saturated carbocycles. The maximum Gasteiger partial charge on any atom is 0.123 e. The van der Waals surface area contributed by atoms with Crippen LogP contribution in [-0.4, -0.2) is 29.6 Å². The van der Waals surface area contributed by atoms with Gasteiger partial charge >= 0.3 is 0 Å². The van der Waals surface area contributed by atoms with Crippen molar-refractivity contribution in [1.29, 1.82) is 0 Å². The smallest absolute Gasteiger partial charge is 0.123 e. The van der Waals surface area contributed by atoms with Gasteiger partial charge in [0.05, 0.1) is 0 Å². The van der Waals surface area contributed by atoms with E-state index in [9.17, 15) is 9.50 Å². The lowest BCUT2D eigenvalue weighted by molar-refractivity contribution is 0.153. The molecule has 0 amide bonds. The fraction of sp³-hybridized carbons (Fsp3) is 0.294. The van der Waals surface area contributed by atoms with E-state index in [-0.39, 0.29) is 30.0 Å². The molecule has 22 heavy (non-hydrogen) atoms. The highest BCUT2D eigenvalue weighted by atomic mass is 35.5. The van der Waals surface area contributed by atoms with Crippen LogP contribution in [0.25, 0.3) is 0 Å². The Kier molecular flexibility index (Phi) is 5.77. The average Bonchev–Trinajstić information content (AvgIpc) is 2.48. The molecule has 3 nitrogen and oxygen atoms in total. The third kappa shape index (κ3) is 3.97. The van der Waals surface area contributed by atoms with E-state index in [4.69, 9.17) is 0 Å². The summed E-state index contributed by atoms with van der Waals surface area (Å²) in [6, 6.07) is 14.3. The van der Waals surface area contributed by atoms with Crippen molar-refractivity contribution in [2.75, 3.05) is 19.6 Å². The second-order valence-corrected chi connectivity index (χ2v) is 5.42. The first kappa shape index (κ1) is 16.7. The number of benzene rings is 2. The molecule has 0 radical (unpaired) electrons. The van der Waals surface area contributed by atoms with Crippen LogP contribution >= 0.6 is 12.4 Å². The van der Waals surface area contributed by atoms with Gasteiger partial charge in [0.2, 0.25) is 0 Å². The highest BCUT2D eigenvalue weighted by molar-refractivity contribution is 5.85. The van der Waals surface area contributed by atoms with Gasteiger partial charge < -0.3 is 10.4 Å². The summed E-state index contributed by atoms with van der Waals surface area (Å²) in [6.07, 6.45) is 0. The lowest BCUT2D eigenvalue weighted by atomic mass is 10.0. The first-order valence-corrected chi connectivity index (χ1v) is 7.20. The predicted molar refractivity (Wildman–Crippen MR) is 87.8 cm³/mol. The lowest BCUT2D eigenvalue weighted by Crippen LogP contribution is -2.45. The molecule has 2 N–H and O–H groups in total. The molecular weight excluding hydrogens is 303 g/mol. The van der Waals surface area contributed by atoms with E-state index in [1.54, 1.807) is 24.3 Å². The van der Waals surface area contributed by atoms with E-state index in [2.05, 4.69) is 10.2 Å². The van der Waals surface area contributed by atoms with Crippen LogP contribution in [0.5, 0.6) is 5.75 Å². The van der Waals surface area contributed by atoms with Gasteiger partial charge in [0, 0.05) is 32.2 Å². The molecule has 5 heteroatoms. The summed E-state index contributed by atoms with van der Waals surface area (Å²) in [5, 5.41) is 12.9. The molecule has 2 aromatic carbocycles. The molecular formula is C17H20ClFN2O. The standard InChI is InChI=1S/C17H19FN2O.ClH/c18-15-5-2-4-14(10-15)17-11-19-7-8-20(17)12-13-3-1-6-16(21)9-13;/h1-6,9-10,17,19,21H,7-8,11-12H2;1H. The van der Waals surface area contributed by atoms with Crippen molar-refractivity contribution in [3.05, 3.63) is 65.5 Å². The second-order valence-electron chi connectivity index (χ2n) is 5.42. The van der Waals surface area contributed by atoms with Gasteiger partial charge in [-0.3, -0.25) is 4.90 Å². The van der Waals surface area contributed by atoms with Crippen LogP contribution in [0, 0.1) is 5.82 Å². The molecule has 3 rings (SSSR count). The molecule has 1 heterocycles. The van der Waals surface area contributed by atoms with E-state index >= 15 is 0 Å².